The number of anilines is 1. The molecule has 2 heterocycles. The summed E-state index contributed by atoms with van der Waals surface area (Å²) in [6.07, 6.45) is 3.07. The smallest absolute Gasteiger partial charge is 0.223 e. The highest BCUT2D eigenvalue weighted by Crippen LogP contribution is 2.25. The van der Waals surface area contributed by atoms with Crippen LogP contribution in [0.1, 0.15) is 37.1 Å². The first-order chi connectivity index (χ1) is 8.72. The van der Waals surface area contributed by atoms with Gasteiger partial charge < -0.3 is 10.2 Å². The average Bonchev–Trinajstić information content (AvgIpc) is 2.38. The summed E-state index contributed by atoms with van der Waals surface area (Å²) in [6.45, 7) is 6.45. The first-order valence-electron chi connectivity index (χ1n) is 6.51. The van der Waals surface area contributed by atoms with Gasteiger partial charge in [-0.2, -0.15) is 0 Å². The molecular formula is C13H20N4O. The number of likely N-dealkylation sites (tertiary alicyclic amines) is 1. The van der Waals surface area contributed by atoms with Crippen molar-refractivity contribution in [3.63, 3.8) is 0 Å². The molecule has 1 aliphatic rings. The number of hydrogen-bond acceptors (Lipinski definition) is 4. The predicted molar refractivity (Wildman–Crippen MR) is 70.5 cm³/mol. The maximum atomic E-state index is 10.9. The molecule has 0 bridgehead atoms. The normalized spacial score (nSPS) is 19.7. The van der Waals surface area contributed by atoms with Gasteiger partial charge in [-0.15, -0.1) is 0 Å². The van der Waals surface area contributed by atoms with Gasteiger partial charge in [0.05, 0.1) is 5.69 Å². The zero-order chi connectivity index (χ0) is 13.0. The van der Waals surface area contributed by atoms with Crippen molar-refractivity contribution in [2.45, 2.75) is 32.6 Å². The van der Waals surface area contributed by atoms with E-state index in [2.05, 4.69) is 15.3 Å². The van der Waals surface area contributed by atoms with E-state index in [4.69, 9.17) is 0 Å². The van der Waals surface area contributed by atoms with Crippen molar-refractivity contribution < 1.29 is 4.79 Å². The lowest BCUT2D eigenvalue weighted by molar-refractivity contribution is -0.119. The van der Waals surface area contributed by atoms with Gasteiger partial charge in [-0.25, -0.2) is 9.97 Å². The molecule has 1 unspecified atom stereocenters. The van der Waals surface area contributed by atoms with Crippen LogP contribution in [0.15, 0.2) is 6.07 Å². The number of rotatable bonds is 4. The molecule has 1 N–H and O–H groups in total. The monoisotopic (exact) mass is 248 g/mol. The second-order valence-electron chi connectivity index (χ2n) is 4.73. The van der Waals surface area contributed by atoms with Crippen LogP contribution in [0.3, 0.4) is 0 Å². The lowest BCUT2D eigenvalue weighted by Crippen LogP contribution is -2.33. The van der Waals surface area contributed by atoms with E-state index < -0.39 is 0 Å². The van der Waals surface area contributed by atoms with Crippen LogP contribution in [0.2, 0.25) is 0 Å². The summed E-state index contributed by atoms with van der Waals surface area (Å²) in [6, 6.07) is 2.03. The van der Waals surface area contributed by atoms with Crippen LogP contribution in [-0.2, 0) is 4.79 Å². The van der Waals surface area contributed by atoms with E-state index in [-0.39, 0.29) is 0 Å². The van der Waals surface area contributed by atoms with E-state index in [1.807, 2.05) is 24.8 Å². The van der Waals surface area contributed by atoms with E-state index in [1.165, 1.54) is 0 Å². The van der Waals surface area contributed by atoms with Crippen LogP contribution in [0.25, 0.3) is 0 Å². The van der Waals surface area contributed by atoms with Crippen molar-refractivity contribution in [3.8, 4) is 0 Å². The molecule has 0 aromatic carbocycles. The van der Waals surface area contributed by atoms with Crippen LogP contribution in [-0.4, -0.2) is 40.9 Å². The van der Waals surface area contributed by atoms with Crippen molar-refractivity contribution in [1.82, 2.24) is 14.9 Å². The first kappa shape index (κ1) is 12.8. The Morgan fingerprint density at radius 2 is 2.39 bits per heavy atom. The second kappa shape index (κ2) is 5.80. The summed E-state index contributed by atoms with van der Waals surface area (Å²) in [5.41, 5.74) is 2.02. The molecule has 0 aliphatic carbocycles. The molecule has 98 valence electrons. The number of nitrogens with zero attached hydrogens (tertiary/aromatic N) is 3. The van der Waals surface area contributed by atoms with Crippen LogP contribution in [0, 0.1) is 6.92 Å². The quantitative estimate of drug-likeness (QED) is 0.821. The van der Waals surface area contributed by atoms with Gasteiger partial charge in [0.1, 0.15) is 0 Å². The molecule has 5 heteroatoms. The fourth-order valence-corrected chi connectivity index (χ4v) is 2.38. The number of aryl methyl sites for hydroxylation is 1. The number of aromatic nitrogens is 2. The highest BCUT2D eigenvalue weighted by Gasteiger charge is 2.22. The Balaban J connectivity index is 2.18. The third-order valence-electron chi connectivity index (χ3n) is 3.23. The molecule has 0 saturated carbocycles. The SMILES string of the molecule is CCNc1nc(C)cc(C2CCCN(C=O)C2)n1. The molecule has 1 aromatic rings. The summed E-state index contributed by atoms with van der Waals surface area (Å²) in [7, 11) is 0. The molecule has 0 spiro atoms. The fraction of sp³-hybridized carbons (Fsp3) is 0.615. The minimum Gasteiger partial charge on any atom is -0.354 e. The Bertz CT molecular complexity index is 421. The van der Waals surface area contributed by atoms with Crippen molar-refractivity contribution in [3.05, 3.63) is 17.5 Å². The van der Waals surface area contributed by atoms with Crippen LogP contribution in [0.4, 0.5) is 5.95 Å². The maximum Gasteiger partial charge on any atom is 0.223 e. The van der Waals surface area contributed by atoms with Crippen molar-refractivity contribution in [2.75, 3.05) is 25.0 Å². The second-order valence-corrected chi connectivity index (χ2v) is 4.73. The van der Waals surface area contributed by atoms with E-state index in [9.17, 15) is 4.79 Å². The summed E-state index contributed by atoms with van der Waals surface area (Å²) in [5, 5.41) is 3.15. The number of carbonyl (C=O) groups excluding carboxylic acids is 1. The molecular weight excluding hydrogens is 228 g/mol. The van der Waals surface area contributed by atoms with Crippen molar-refractivity contribution >= 4 is 12.4 Å². The largest absolute Gasteiger partial charge is 0.354 e. The molecule has 5 nitrogen and oxygen atoms in total. The predicted octanol–water partition coefficient (Wildman–Crippen LogP) is 1.55. The van der Waals surface area contributed by atoms with Crippen LogP contribution >= 0.6 is 0 Å². The van der Waals surface area contributed by atoms with E-state index in [0.717, 1.165) is 50.3 Å². The zero-order valence-electron chi connectivity index (χ0n) is 11.0. The Labute approximate surface area is 108 Å². The molecule has 18 heavy (non-hydrogen) atoms. The first-order valence-corrected chi connectivity index (χ1v) is 6.51. The van der Waals surface area contributed by atoms with E-state index in [0.29, 0.717) is 11.9 Å². The lowest BCUT2D eigenvalue weighted by Gasteiger charge is -2.29. The minimum absolute atomic E-state index is 0.336. The van der Waals surface area contributed by atoms with Gasteiger partial charge >= 0.3 is 0 Å². The number of piperidine rings is 1. The van der Waals surface area contributed by atoms with Crippen LogP contribution in [0.5, 0.6) is 0 Å². The lowest BCUT2D eigenvalue weighted by atomic mass is 9.94. The zero-order valence-corrected chi connectivity index (χ0v) is 11.0. The van der Waals surface area contributed by atoms with Gasteiger partial charge in [-0.05, 0) is 32.8 Å². The molecule has 1 saturated heterocycles. The summed E-state index contributed by atoms with van der Waals surface area (Å²) in [4.78, 5) is 21.6. The minimum atomic E-state index is 0.336. The molecule has 1 fully saturated rings. The van der Waals surface area contributed by atoms with E-state index in [1.54, 1.807) is 0 Å². The highest BCUT2D eigenvalue weighted by molar-refractivity contribution is 5.47. The molecule has 0 radical (unpaired) electrons. The van der Waals surface area contributed by atoms with Crippen molar-refractivity contribution in [2.24, 2.45) is 0 Å². The van der Waals surface area contributed by atoms with Gasteiger partial charge in [0.2, 0.25) is 12.4 Å². The Hall–Kier alpha value is -1.65. The number of hydrogen-bond donors (Lipinski definition) is 1. The molecule has 1 atom stereocenters. The topological polar surface area (TPSA) is 58.1 Å². The average molecular weight is 248 g/mol. The molecule has 1 amide bonds. The van der Waals surface area contributed by atoms with E-state index >= 15 is 0 Å². The Morgan fingerprint density at radius 3 is 3.11 bits per heavy atom. The van der Waals surface area contributed by atoms with Crippen molar-refractivity contribution in [1.29, 1.82) is 0 Å². The van der Waals surface area contributed by atoms with Gasteiger partial charge in [0.25, 0.3) is 0 Å². The number of amides is 1. The van der Waals surface area contributed by atoms with Gasteiger partial charge in [0.15, 0.2) is 0 Å². The molecule has 1 aliphatic heterocycles. The maximum absolute atomic E-state index is 10.9. The summed E-state index contributed by atoms with van der Waals surface area (Å²) >= 11 is 0. The number of carbonyl (C=O) groups is 1. The van der Waals surface area contributed by atoms with Gasteiger partial charge in [-0.1, -0.05) is 0 Å². The summed E-state index contributed by atoms with van der Waals surface area (Å²) in [5.74, 6) is 1.03. The van der Waals surface area contributed by atoms with Gasteiger partial charge in [-0.3, -0.25) is 4.79 Å². The standard InChI is InChI=1S/C13H20N4O/c1-3-14-13-15-10(2)7-12(16-13)11-5-4-6-17(8-11)9-18/h7,9,11H,3-6,8H2,1-2H3,(H,14,15,16). The Kier molecular flexibility index (Phi) is 4.12. The third-order valence-corrected chi connectivity index (χ3v) is 3.23. The summed E-state index contributed by atoms with van der Waals surface area (Å²) < 4.78 is 0. The molecule has 2 rings (SSSR count). The Morgan fingerprint density at radius 1 is 1.56 bits per heavy atom. The van der Waals surface area contributed by atoms with Gasteiger partial charge in [0, 0.05) is 31.2 Å². The highest BCUT2D eigenvalue weighted by atomic mass is 16.1. The number of nitrogens with one attached hydrogen (secondary N) is 1. The third kappa shape index (κ3) is 2.97. The van der Waals surface area contributed by atoms with Crippen LogP contribution < -0.4 is 5.32 Å². The molecule has 1 aromatic heterocycles. The fourth-order valence-electron chi connectivity index (χ4n) is 2.38.